The lowest BCUT2D eigenvalue weighted by atomic mass is 10.1. The van der Waals surface area contributed by atoms with Gasteiger partial charge >= 0.3 is 5.69 Å². The topological polar surface area (TPSA) is 140 Å². The zero-order valence-corrected chi connectivity index (χ0v) is 13.4. The molecule has 0 aromatic carbocycles. The molecule has 0 aliphatic carbocycles. The Morgan fingerprint density at radius 3 is 2.90 bits per heavy atom. The molecular weight excluding hydrogens is 423 g/mol. The van der Waals surface area contributed by atoms with Gasteiger partial charge in [-0.3, -0.25) is 19.8 Å². The predicted molar refractivity (Wildman–Crippen MR) is 78.1 cm³/mol. The normalized spacial score (nSPS) is 30.5. The SMILES string of the molecule is NP(O)OC[C@H]1O[C@@H](n2cc(I)c(=O)[nH]c2=O)[C@H](F)[C@@H]1O. The first-order valence-electron chi connectivity index (χ1n) is 5.66. The molecule has 0 saturated carbocycles. The van der Waals surface area contributed by atoms with Crippen molar-refractivity contribution in [2.45, 2.75) is 24.6 Å². The van der Waals surface area contributed by atoms with E-state index in [1.165, 1.54) is 0 Å². The Hall–Kier alpha value is -0.430. The predicted octanol–water partition coefficient (Wildman–Crippen LogP) is -1.07. The highest BCUT2D eigenvalue weighted by Crippen LogP contribution is 2.33. The highest BCUT2D eigenvalue weighted by atomic mass is 127. The molecule has 118 valence electrons. The summed E-state index contributed by atoms with van der Waals surface area (Å²) in [6, 6.07) is 0. The average Bonchev–Trinajstić information content (AvgIpc) is 2.68. The van der Waals surface area contributed by atoms with Crippen LogP contribution in [0.15, 0.2) is 15.8 Å². The van der Waals surface area contributed by atoms with Gasteiger partial charge in [0.15, 0.2) is 12.4 Å². The molecule has 1 saturated heterocycles. The second-order valence-electron chi connectivity index (χ2n) is 4.24. The number of H-pyrrole nitrogens is 1. The van der Waals surface area contributed by atoms with Crippen molar-refractivity contribution in [2.24, 2.45) is 5.50 Å². The van der Waals surface area contributed by atoms with Crippen LogP contribution < -0.4 is 16.8 Å². The van der Waals surface area contributed by atoms with Gasteiger partial charge in [0.05, 0.1) is 10.2 Å². The van der Waals surface area contributed by atoms with Crippen LogP contribution in [0.4, 0.5) is 4.39 Å². The van der Waals surface area contributed by atoms with Crippen LogP contribution in [0.5, 0.6) is 0 Å². The number of rotatable bonds is 4. The van der Waals surface area contributed by atoms with Crippen LogP contribution in [-0.2, 0) is 9.26 Å². The van der Waals surface area contributed by atoms with E-state index < -0.39 is 44.4 Å². The van der Waals surface area contributed by atoms with Gasteiger partial charge in [-0.05, 0) is 22.6 Å². The zero-order chi connectivity index (χ0) is 15.7. The minimum absolute atomic E-state index is 0.165. The van der Waals surface area contributed by atoms with Crippen molar-refractivity contribution in [2.75, 3.05) is 6.61 Å². The summed E-state index contributed by atoms with van der Waals surface area (Å²) < 4.78 is 25.0. The lowest BCUT2D eigenvalue weighted by molar-refractivity contribution is -0.0445. The second kappa shape index (κ2) is 6.77. The van der Waals surface area contributed by atoms with Gasteiger partial charge in [0.1, 0.15) is 12.2 Å². The van der Waals surface area contributed by atoms with Crippen molar-refractivity contribution in [1.82, 2.24) is 9.55 Å². The highest BCUT2D eigenvalue weighted by Gasteiger charge is 2.46. The molecule has 2 heterocycles. The fraction of sp³-hybridized carbons (Fsp3) is 0.556. The van der Waals surface area contributed by atoms with E-state index in [1.54, 1.807) is 22.6 Å². The molecule has 1 aliphatic rings. The maximum absolute atomic E-state index is 14.1. The molecular formula is C9H12FIN3O6P. The van der Waals surface area contributed by atoms with Gasteiger partial charge in [0.25, 0.3) is 5.56 Å². The summed E-state index contributed by atoms with van der Waals surface area (Å²) in [5.41, 5.74) is 3.57. The van der Waals surface area contributed by atoms with E-state index in [1.807, 2.05) is 4.98 Å². The Morgan fingerprint density at radius 1 is 1.62 bits per heavy atom. The van der Waals surface area contributed by atoms with Crippen molar-refractivity contribution in [3.05, 3.63) is 30.6 Å². The number of nitrogens with zero attached hydrogens (tertiary/aromatic N) is 1. The van der Waals surface area contributed by atoms with Crippen molar-refractivity contribution in [1.29, 1.82) is 0 Å². The number of aromatic amines is 1. The summed E-state index contributed by atoms with van der Waals surface area (Å²) in [5.74, 6) is 0. The fourth-order valence-electron chi connectivity index (χ4n) is 1.86. The van der Waals surface area contributed by atoms with E-state index in [2.05, 4.69) is 0 Å². The molecule has 1 aliphatic heterocycles. The molecule has 0 radical (unpaired) electrons. The molecule has 9 nitrogen and oxygen atoms in total. The number of hydrogen-bond donors (Lipinski definition) is 4. The first kappa shape index (κ1) is 16.9. The van der Waals surface area contributed by atoms with Gasteiger partial charge in [0.2, 0.25) is 8.53 Å². The number of halogens is 2. The average molecular weight is 435 g/mol. The van der Waals surface area contributed by atoms with Gasteiger partial charge in [-0.2, -0.15) is 0 Å². The first-order chi connectivity index (χ1) is 9.81. The molecule has 21 heavy (non-hydrogen) atoms. The molecule has 5 N–H and O–H groups in total. The van der Waals surface area contributed by atoms with Gasteiger partial charge in [-0.25, -0.2) is 9.18 Å². The van der Waals surface area contributed by atoms with E-state index in [0.29, 0.717) is 0 Å². The van der Waals surface area contributed by atoms with E-state index >= 15 is 0 Å². The monoisotopic (exact) mass is 435 g/mol. The fourth-order valence-corrected chi connectivity index (χ4v) is 2.60. The Labute approximate surface area is 132 Å². The summed E-state index contributed by atoms with van der Waals surface area (Å²) in [6.45, 7) is -0.327. The molecule has 5 atom stereocenters. The number of alkyl halides is 1. The number of aromatic nitrogens is 2. The zero-order valence-electron chi connectivity index (χ0n) is 10.3. The minimum Gasteiger partial charge on any atom is -0.387 e. The van der Waals surface area contributed by atoms with Crippen LogP contribution in [0.2, 0.25) is 0 Å². The Morgan fingerprint density at radius 2 is 2.29 bits per heavy atom. The van der Waals surface area contributed by atoms with Crippen molar-refractivity contribution < 1.29 is 23.7 Å². The third kappa shape index (κ3) is 3.67. The molecule has 1 unspecified atom stereocenters. The molecule has 1 fully saturated rings. The molecule has 12 heteroatoms. The van der Waals surface area contributed by atoms with E-state index in [-0.39, 0.29) is 10.2 Å². The van der Waals surface area contributed by atoms with Crippen molar-refractivity contribution >= 4 is 31.1 Å². The van der Waals surface area contributed by atoms with Gasteiger partial charge < -0.3 is 19.3 Å². The van der Waals surface area contributed by atoms with Crippen LogP contribution in [0, 0.1) is 3.57 Å². The standard InChI is InChI=1S/C9H12FIN3O6P/c10-5-6(15)4(2-19-21(12)18)20-8(5)14-1-3(11)7(16)13-9(14)17/h1,4-6,8,15,18H,2,12H2,(H,13,16,17)/t4-,5-,6-,8-,21?/m1/s1. The summed E-state index contributed by atoms with van der Waals surface area (Å²) in [5, 5.41) is 9.73. The van der Waals surface area contributed by atoms with Crippen molar-refractivity contribution in [3.8, 4) is 0 Å². The lowest BCUT2D eigenvalue weighted by Gasteiger charge is -2.16. The summed E-state index contributed by atoms with van der Waals surface area (Å²) in [4.78, 5) is 33.8. The van der Waals surface area contributed by atoms with Gasteiger partial charge in [-0.15, -0.1) is 0 Å². The Balaban J connectivity index is 2.23. The minimum atomic E-state index is -2.16. The molecule has 1 aromatic rings. The summed E-state index contributed by atoms with van der Waals surface area (Å²) in [6.07, 6.45) is -4.82. The second-order valence-corrected chi connectivity index (χ2v) is 6.27. The summed E-state index contributed by atoms with van der Waals surface area (Å²) >= 11 is 1.68. The number of nitrogens with one attached hydrogen (secondary N) is 1. The number of hydrogen-bond acceptors (Lipinski definition) is 7. The maximum atomic E-state index is 14.1. The maximum Gasteiger partial charge on any atom is 0.330 e. The lowest BCUT2D eigenvalue weighted by Crippen LogP contribution is -2.37. The van der Waals surface area contributed by atoms with E-state index in [4.69, 9.17) is 19.7 Å². The molecule has 2 rings (SSSR count). The van der Waals surface area contributed by atoms with Crippen LogP contribution >= 0.6 is 31.1 Å². The van der Waals surface area contributed by atoms with Crippen molar-refractivity contribution in [3.63, 3.8) is 0 Å². The van der Waals surface area contributed by atoms with Crippen LogP contribution in [0.25, 0.3) is 0 Å². The number of aliphatic hydroxyl groups excluding tert-OH is 1. The van der Waals surface area contributed by atoms with Gasteiger partial charge in [0, 0.05) is 6.20 Å². The molecule has 1 aromatic heterocycles. The smallest absolute Gasteiger partial charge is 0.330 e. The quantitative estimate of drug-likeness (QED) is 0.349. The largest absolute Gasteiger partial charge is 0.387 e. The van der Waals surface area contributed by atoms with Crippen LogP contribution in [0.1, 0.15) is 6.23 Å². The van der Waals surface area contributed by atoms with Gasteiger partial charge in [-0.1, -0.05) is 0 Å². The Kier molecular flexibility index (Phi) is 5.46. The van der Waals surface area contributed by atoms with Crippen LogP contribution in [0.3, 0.4) is 0 Å². The first-order valence-corrected chi connectivity index (χ1v) is 8.02. The molecule has 0 bridgehead atoms. The summed E-state index contributed by atoms with van der Waals surface area (Å²) in [7, 11) is -2.16. The van der Waals surface area contributed by atoms with E-state index in [9.17, 15) is 19.1 Å². The number of ether oxygens (including phenoxy) is 1. The molecule has 0 amide bonds. The number of nitrogens with two attached hydrogens (primary N) is 1. The number of aliphatic hydroxyl groups is 1. The molecule has 0 spiro atoms. The van der Waals surface area contributed by atoms with Crippen LogP contribution in [-0.4, -0.2) is 44.5 Å². The third-order valence-electron chi connectivity index (χ3n) is 2.86. The third-order valence-corrected chi connectivity index (χ3v) is 4.05. The van der Waals surface area contributed by atoms with E-state index in [0.717, 1.165) is 10.8 Å². The highest BCUT2D eigenvalue weighted by molar-refractivity contribution is 14.1. The Bertz CT molecular complexity index is 624.